The third kappa shape index (κ3) is 12.1. The van der Waals surface area contributed by atoms with Gasteiger partial charge in [0.15, 0.2) is 82.8 Å². The molecule has 0 amide bonds. The summed E-state index contributed by atoms with van der Waals surface area (Å²) in [6.45, 7) is 24.2. The molecule has 12 aliphatic heterocycles. The second kappa shape index (κ2) is 25.5. The number of imidazole rings is 5. The standard InChI is InChI=1S/C15H21N5O3.C14H19N5O4.C14H17N5O3.C12H17N5O3.C9H13N5O3/c1-5-8-10-11(23-15(3,4)22-10)14(21-8)20-6-17-9-12(16)18-7(2)19-13(9)20;1-6-17-11(15)8-12(18-6)19(5-16-8)13-10-9(7(4-20)21-13)22-14(2,3)23-10;1-6-17-11(15)8-12-18(6)4-7-9-10(22-14(2,3)21-9)13(20-7)19(12)5-16-8;1-12(2)19-7-5-3-15-10-6(9(13)14)16-4-17(10)11(18-5)8(7)20-12;10-7(11)4-8-12-1-3-5(15)6(16)9(17-3)14(8)2-13-4/h6,8,10-11,14H,5H2,1-4H3,(H2,16,18,19);5,7,9-10,13,20H,4H2,1-3H3,(H2,15,17,18);5,7,9-10,13,15H,4H2,1-3H3;4-5,7-8,11,15H,3H2,1-2H3,(H3,13,14);2-3,5-6,9,12,15-16H,1H2,(H3,10,11)/p+1/t8-,10+,11?,14-;2*7-,9+,10?,13-;5-,7+,8?,11-;3-,5+,6?,9-/m11111/s1. The lowest BCUT2D eigenvalue weighted by Gasteiger charge is -2.24. The Kier molecular flexibility index (Phi) is 17.2. The normalized spacial score (nSPS) is 34.2. The van der Waals surface area contributed by atoms with Gasteiger partial charge in [-0.3, -0.25) is 29.1 Å². The Labute approximate surface area is 598 Å². The topological polar surface area (TPSA) is 540 Å². The molecule has 9 saturated heterocycles. The van der Waals surface area contributed by atoms with E-state index in [-0.39, 0.29) is 104 Å². The minimum Gasteiger partial charge on any atom is -0.394 e. The Morgan fingerprint density at radius 2 is 0.876 bits per heavy atom. The molecular weight excluding hydrogens is 1370 g/mol. The lowest BCUT2D eigenvalue weighted by molar-refractivity contribution is -0.688. The molecule has 0 spiro atoms. The molecular formula is C64H88N25O16+. The summed E-state index contributed by atoms with van der Waals surface area (Å²) in [4.78, 5) is 42.8. The Morgan fingerprint density at radius 1 is 0.486 bits per heavy atom. The highest BCUT2D eigenvalue weighted by atomic mass is 16.8. The molecule has 9 fully saturated rings. The molecule has 0 radical (unpaired) electrons. The molecule has 41 nitrogen and oxygen atoms in total. The first-order valence-electron chi connectivity index (χ1n) is 34.7. The van der Waals surface area contributed by atoms with Crippen molar-refractivity contribution in [3.63, 3.8) is 0 Å². The molecule has 8 aromatic rings. The minimum absolute atomic E-state index is 0.0236. The summed E-state index contributed by atoms with van der Waals surface area (Å²) in [5, 5.41) is 50.4. The molecule has 564 valence electrons. The van der Waals surface area contributed by atoms with Crippen molar-refractivity contribution >= 4 is 74.3 Å². The van der Waals surface area contributed by atoms with Gasteiger partial charge >= 0.3 is 0 Å². The van der Waals surface area contributed by atoms with Crippen LogP contribution in [0.5, 0.6) is 0 Å². The molecule has 0 aliphatic carbocycles. The Morgan fingerprint density at radius 3 is 1.39 bits per heavy atom. The first-order chi connectivity index (χ1) is 49.8. The van der Waals surface area contributed by atoms with Crippen LogP contribution in [0.3, 0.4) is 0 Å². The van der Waals surface area contributed by atoms with Gasteiger partial charge in [-0.25, -0.2) is 54.0 Å². The zero-order chi connectivity index (χ0) is 74.2. The van der Waals surface area contributed by atoms with Gasteiger partial charge in [-0.05, 0) is 75.7 Å². The summed E-state index contributed by atoms with van der Waals surface area (Å²) in [7, 11) is 0. The predicted octanol–water partition coefficient (Wildman–Crippen LogP) is -0.0663. The molecule has 17 N–H and O–H groups in total. The summed E-state index contributed by atoms with van der Waals surface area (Å²) in [5.74, 6) is 1.61. The average molecular weight is 1460 g/mol. The van der Waals surface area contributed by atoms with Crippen LogP contribution in [0.2, 0.25) is 0 Å². The van der Waals surface area contributed by atoms with Crippen molar-refractivity contribution in [2.24, 2.45) is 11.5 Å². The molecule has 20 rings (SSSR count). The maximum absolute atomic E-state index is 9.85. The lowest BCUT2D eigenvalue weighted by atomic mass is 10.1. The van der Waals surface area contributed by atoms with Crippen LogP contribution in [0.4, 0.5) is 29.1 Å². The van der Waals surface area contributed by atoms with Crippen LogP contribution < -0.4 is 43.9 Å². The summed E-state index contributed by atoms with van der Waals surface area (Å²) >= 11 is 0. The first kappa shape index (κ1) is 70.7. The van der Waals surface area contributed by atoms with Crippen LogP contribution in [-0.4, -0.2) is 234 Å². The van der Waals surface area contributed by atoms with E-state index in [9.17, 15) is 15.3 Å². The lowest BCUT2D eigenvalue weighted by Crippen LogP contribution is -2.49. The molecule has 5 unspecified atom stereocenters. The van der Waals surface area contributed by atoms with Gasteiger partial charge in [-0.15, -0.1) is 0 Å². The molecule has 8 aromatic heterocycles. The number of anilines is 5. The maximum atomic E-state index is 9.85. The number of aromatic nitrogens is 16. The van der Waals surface area contributed by atoms with Crippen LogP contribution in [0.1, 0.15) is 129 Å². The van der Waals surface area contributed by atoms with E-state index in [2.05, 4.69) is 72.0 Å². The summed E-state index contributed by atoms with van der Waals surface area (Å²) < 4.78 is 88.9. The Balaban J connectivity index is 0.000000101. The molecule has 20 heterocycles. The van der Waals surface area contributed by atoms with Gasteiger partial charge in [-0.2, -0.15) is 0 Å². The van der Waals surface area contributed by atoms with Gasteiger partial charge in [0.2, 0.25) is 17.9 Å². The van der Waals surface area contributed by atoms with Crippen molar-refractivity contribution in [3.05, 3.63) is 60.5 Å². The van der Waals surface area contributed by atoms with Crippen molar-refractivity contribution in [2.75, 3.05) is 47.5 Å². The highest BCUT2D eigenvalue weighted by molar-refractivity contribution is 5.98. The van der Waals surface area contributed by atoms with E-state index >= 15 is 0 Å². The van der Waals surface area contributed by atoms with Crippen molar-refractivity contribution < 1.29 is 81.5 Å². The summed E-state index contributed by atoms with van der Waals surface area (Å²) in [5.41, 5.74) is 33.6. The molecule has 0 saturated carbocycles. The number of nitrogens with one attached hydrogen (secondary N) is 4. The smallest absolute Gasteiger partial charge is 0.263 e. The van der Waals surface area contributed by atoms with Crippen molar-refractivity contribution in [3.8, 4) is 0 Å². The third-order valence-electron chi connectivity index (χ3n) is 20.3. The number of aliphatic hydroxyl groups is 3. The van der Waals surface area contributed by atoms with Crippen molar-refractivity contribution in [2.45, 2.75) is 242 Å². The number of amidine groups is 2. The zero-order valence-electron chi connectivity index (χ0n) is 59.7. The van der Waals surface area contributed by atoms with E-state index in [4.69, 9.17) is 101 Å². The molecule has 20 atom stereocenters. The fourth-order valence-electron chi connectivity index (χ4n) is 16.0. The molecule has 41 heteroatoms. The number of hydrogen-bond acceptors (Lipinski definition) is 33. The average Bonchev–Trinajstić information content (AvgIpc) is 1.58. The van der Waals surface area contributed by atoms with Crippen molar-refractivity contribution in [1.29, 1.82) is 10.8 Å². The van der Waals surface area contributed by atoms with E-state index in [0.29, 0.717) is 99.6 Å². The molecule has 0 aromatic carbocycles. The largest absolute Gasteiger partial charge is 0.394 e. The summed E-state index contributed by atoms with van der Waals surface area (Å²) in [6, 6.07) is 0. The van der Waals surface area contributed by atoms with E-state index in [0.717, 1.165) is 17.9 Å². The van der Waals surface area contributed by atoms with E-state index in [1.165, 1.54) is 6.33 Å². The number of nitrogen functional groups attached to an aromatic ring is 5. The maximum Gasteiger partial charge on any atom is 0.263 e. The number of nitrogens with two attached hydrogens (primary N) is 5. The summed E-state index contributed by atoms with van der Waals surface area (Å²) in [6.07, 6.45) is 2.27. The fraction of sp³-hybridized carbons (Fsp3) is 0.641. The van der Waals surface area contributed by atoms with Crippen molar-refractivity contribution in [1.82, 2.24) is 72.7 Å². The van der Waals surface area contributed by atoms with Crippen LogP contribution >= 0.6 is 0 Å². The Bertz CT molecular complexity index is 4580. The number of aliphatic hydroxyl groups excluding tert-OH is 3. The molecule has 12 aliphatic rings. The van der Waals surface area contributed by atoms with Crippen LogP contribution in [0.25, 0.3) is 33.5 Å². The number of aryl methyl sites for hydroxylation is 3. The van der Waals surface area contributed by atoms with Gasteiger partial charge in [0.1, 0.15) is 149 Å². The first-order valence-corrected chi connectivity index (χ1v) is 34.7. The molecule has 6 bridgehead atoms. The minimum atomic E-state index is -1.00. The van der Waals surface area contributed by atoms with Gasteiger partial charge in [-0.1, -0.05) is 11.9 Å². The third-order valence-corrected chi connectivity index (χ3v) is 20.3. The van der Waals surface area contributed by atoms with Crippen LogP contribution in [0, 0.1) is 31.6 Å². The predicted molar refractivity (Wildman–Crippen MR) is 364 cm³/mol. The van der Waals surface area contributed by atoms with Crippen LogP contribution in [0.15, 0.2) is 31.6 Å². The molecule has 105 heavy (non-hydrogen) atoms. The van der Waals surface area contributed by atoms with Gasteiger partial charge in [0.05, 0.1) is 38.0 Å². The van der Waals surface area contributed by atoms with Gasteiger partial charge in [0.25, 0.3) is 5.65 Å². The second-order valence-corrected chi connectivity index (χ2v) is 29.4. The van der Waals surface area contributed by atoms with Crippen LogP contribution in [-0.2, 0) is 68.1 Å². The second-order valence-electron chi connectivity index (χ2n) is 29.4. The Hall–Kier alpha value is -8.63. The van der Waals surface area contributed by atoms with E-state index in [1.54, 1.807) is 48.3 Å². The van der Waals surface area contributed by atoms with Gasteiger partial charge < -0.3 is 116 Å². The fourth-order valence-corrected chi connectivity index (χ4v) is 16.0. The quantitative estimate of drug-likeness (QED) is 0.0589. The van der Waals surface area contributed by atoms with E-state index in [1.807, 2.05) is 76.0 Å². The SMILES string of the molecule is CC1(C)OC2[C@@H](O1)[C@H]1CNc3c(C(=N)N)ncn3[C@@H]2O1.CC[C@H]1O[C@@H](n2cnc3c(N)nc(C)nc32)C2OC(C)(C)O[C@H]21.Cc1nc(N)c2ncn([C@@H]3O[C@H](CO)[C@@H]4OC(C)(C)OC43)c2n1.Cc1nc(N)c2ncn3c2[n+]1C[C@H]1O[C@@H]3C2OC(C)(C)O[C@H]21.N=C(N)c1ncn2c1NC[C@H]1O[C@@H]2C(O)[C@H]1O. The van der Waals surface area contributed by atoms with E-state index < -0.39 is 60.0 Å². The number of rotatable bonds is 6. The number of nitrogens with zero attached hydrogens (tertiary/aromatic N) is 16. The van der Waals surface area contributed by atoms with Gasteiger partial charge in [0, 0.05) is 20.0 Å². The number of fused-ring (bicyclic) bond motifs is 21. The number of hydrogen-bond donors (Lipinski definition) is 12. The zero-order valence-corrected chi connectivity index (χ0v) is 59.7. The number of ether oxygens (including phenoxy) is 13. The highest BCUT2D eigenvalue weighted by Crippen LogP contribution is 2.50. The highest BCUT2D eigenvalue weighted by Gasteiger charge is 2.62. The monoisotopic (exact) mass is 1460 g/mol.